The van der Waals surface area contributed by atoms with E-state index >= 15 is 0 Å². The molecule has 0 saturated heterocycles. The van der Waals surface area contributed by atoms with Crippen LogP contribution in [0.4, 0.5) is 5.69 Å². The molecular weight excluding hydrogens is 549 g/mol. The van der Waals surface area contributed by atoms with E-state index in [0.717, 1.165) is 36.2 Å². The third-order valence-electron chi connectivity index (χ3n) is 6.56. The predicted molar refractivity (Wildman–Crippen MR) is 151 cm³/mol. The smallest absolute Gasteiger partial charge is 0.244 e. The number of hydrogen-bond donors (Lipinski definition) is 1. The van der Waals surface area contributed by atoms with Crippen LogP contribution in [-0.4, -0.2) is 56.6 Å². The van der Waals surface area contributed by atoms with Crippen LogP contribution in [0.15, 0.2) is 42.5 Å². The summed E-state index contributed by atoms with van der Waals surface area (Å²) in [5.74, 6) is -0.196. The Morgan fingerprint density at radius 2 is 1.74 bits per heavy atom. The third-order valence-corrected chi connectivity index (χ3v) is 8.29. The number of ether oxygens (including phenoxy) is 1. The molecule has 3 rings (SSSR count). The van der Waals surface area contributed by atoms with Crippen LogP contribution in [0.25, 0.3) is 0 Å². The Hall–Kier alpha value is -2.49. The fraction of sp³-hybridized carbons (Fsp3) is 0.481. The zero-order valence-electron chi connectivity index (χ0n) is 22.0. The lowest BCUT2D eigenvalue weighted by Crippen LogP contribution is -2.53. The molecule has 11 heteroatoms. The number of nitrogens with zero attached hydrogens (tertiary/aromatic N) is 2. The van der Waals surface area contributed by atoms with Gasteiger partial charge in [-0.1, -0.05) is 49.0 Å². The summed E-state index contributed by atoms with van der Waals surface area (Å²) >= 11 is 12.5. The van der Waals surface area contributed by atoms with Crippen molar-refractivity contribution in [2.24, 2.45) is 0 Å². The first-order chi connectivity index (χ1) is 18.0. The van der Waals surface area contributed by atoms with Crippen LogP contribution in [0.1, 0.15) is 51.5 Å². The van der Waals surface area contributed by atoms with E-state index in [2.05, 4.69) is 5.32 Å². The Morgan fingerprint density at radius 3 is 2.29 bits per heavy atom. The number of carbonyl (C=O) groups is 2. The van der Waals surface area contributed by atoms with Gasteiger partial charge in [0.1, 0.15) is 18.3 Å². The number of amides is 2. The van der Waals surface area contributed by atoms with Crippen LogP contribution in [0.5, 0.6) is 5.75 Å². The van der Waals surface area contributed by atoms with Crippen LogP contribution in [0.3, 0.4) is 0 Å². The van der Waals surface area contributed by atoms with E-state index in [1.165, 1.54) is 4.90 Å². The normalized spacial score (nSPS) is 14.7. The maximum Gasteiger partial charge on any atom is 0.244 e. The number of hydrogen-bond acceptors (Lipinski definition) is 5. The van der Waals surface area contributed by atoms with E-state index < -0.39 is 28.5 Å². The molecule has 1 fully saturated rings. The van der Waals surface area contributed by atoms with Gasteiger partial charge in [0.05, 0.1) is 18.6 Å². The molecule has 2 aromatic rings. The summed E-state index contributed by atoms with van der Waals surface area (Å²) < 4.78 is 32.0. The lowest BCUT2D eigenvalue weighted by molar-refractivity contribution is -0.140. The zero-order valence-corrected chi connectivity index (χ0v) is 24.3. The van der Waals surface area contributed by atoms with Gasteiger partial charge in [0.2, 0.25) is 21.8 Å². The minimum absolute atomic E-state index is 0.0201. The van der Waals surface area contributed by atoms with Crippen molar-refractivity contribution < 1.29 is 22.7 Å². The van der Waals surface area contributed by atoms with Crippen molar-refractivity contribution in [1.82, 2.24) is 10.2 Å². The summed E-state index contributed by atoms with van der Waals surface area (Å²) in [6.45, 7) is 3.68. The summed E-state index contributed by atoms with van der Waals surface area (Å²) in [7, 11) is -3.83. The molecule has 208 valence electrons. The molecule has 0 aromatic heterocycles. The van der Waals surface area contributed by atoms with E-state index in [4.69, 9.17) is 27.9 Å². The van der Waals surface area contributed by atoms with Crippen LogP contribution in [0.2, 0.25) is 10.0 Å². The Kier molecular flexibility index (Phi) is 10.7. The van der Waals surface area contributed by atoms with Gasteiger partial charge in [0.15, 0.2) is 0 Å². The average molecular weight is 585 g/mol. The monoisotopic (exact) mass is 583 g/mol. The molecule has 0 bridgehead atoms. The molecule has 0 heterocycles. The summed E-state index contributed by atoms with van der Waals surface area (Å²) in [6.07, 6.45) is 5.29. The van der Waals surface area contributed by atoms with Gasteiger partial charge in [0.25, 0.3) is 0 Å². The third kappa shape index (κ3) is 8.01. The number of sulfonamides is 1. The largest absolute Gasteiger partial charge is 0.494 e. The molecule has 2 aromatic carbocycles. The van der Waals surface area contributed by atoms with Gasteiger partial charge in [-0.05, 0) is 68.1 Å². The Balaban J connectivity index is 1.93. The fourth-order valence-electron chi connectivity index (χ4n) is 4.61. The zero-order chi connectivity index (χ0) is 27.9. The molecule has 0 spiro atoms. The number of anilines is 1. The van der Waals surface area contributed by atoms with Gasteiger partial charge in [-0.25, -0.2) is 8.42 Å². The molecular formula is C27H35Cl2N3O5S. The van der Waals surface area contributed by atoms with E-state index in [1.807, 2.05) is 13.8 Å². The lowest BCUT2D eigenvalue weighted by Gasteiger charge is -2.33. The van der Waals surface area contributed by atoms with Crippen molar-refractivity contribution in [3.05, 3.63) is 58.1 Å². The number of nitrogens with one attached hydrogen (secondary N) is 1. The molecule has 1 aliphatic carbocycles. The van der Waals surface area contributed by atoms with Crippen molar-refractivity contribution in [2.75, 3.05) is 23.7 Å². The van der Waals surface area contributed by atoms with Crippen LogP contribution in [-0.2, 0) is 26.2 Å². The molecule has 8 nitrogen and oxygen atoms in total. The molecule has 38 heavy (non-hydrogen) atoms. The maximum absolute atomic E-state index is 13.8. The topological polar surface area (TPSA) is 96.0 Å². The lowest BCUT2D eigenvalue weighted by atomic mass is 10.1. The van der Waals surface area contributed by atoms with Crippen molar-refractivity contribution in [3.8, 4) is 5.75 Å². The second kappa shape index (κ2) is 13.5. The van der Waals surface area contributed by atoms with Crippen molar-refractivity contribution in [3.63, 3.8) is 0 Å². The molecule has 1 aliphatic rings. The second-order valence-electron chi connectivity index (χ2n) is 9.37. The molecule has 0 radical (unpaired) electrons. The first kappa shape index (κ1) is 30.1. The highest BCUT2D eigenvalue weighted by molar-refractivity contribution is 7.92. The highest BCUT2D eigenvalue weighted by atomic mass is 35.5. The SMILES string of the molecule is CCOc1ccc(N(CC(=O)N(Cc2ccc(Cl)cc2Cl)C(CC)C(=O)NC2CCCC2)S(C)(=O)=O)cc1. The molecule has 1 atom stereocenters. The summed E-state index contributed by atoms with van der Waals surface area (Å²) in [4.78, 5) is 28.6. The van der Waals surface area contributed by atoms with Crippen molar-refractivity contribution in [1.29, 1.82) is 0 Å². The molecule has 0 aliphatic heterocycles. The Bertz CT molecular complexity index is 1220. The average Bonchev–Trinajstić information content (AvgIpc) is 3.36. The number of halogens is 2. The van der Waals surface area contributed by atoms with Gasteiger partial charge in [0, 0.05) is 22.6 Å². The standard InChI is InChI=1S/C27H35Cl2N3O5S/c1-4-25(27(34)30-21-8-6-7-9-21)31(17-19-10-11-20(28)16-24(19)29)26(33)18-32(38(3,35)36)22-12-14-23(15-13-22)37-5-2/h10-16,21,25H,4-9,17-18H2,1-3H3,(H,30,34). The minimum atomic E-state index is -3.83. The highest BCUT2D eigenvalue weighted by Gasteiger charge is 2.33. The van der Waals surface area contributed by atoms with Gasteiger partial charge < -0.3 is 15.0 Å². The van der Waals surface area contributed by atoms with E-state index in [9.17, 15) is 18.0 Å². The van der Waals surface area contributed by atoms with E-state index in [-0.39, 0.29) is 18.5 Å². The number of rotatable bonds is 12. The fourth-order valence-corrected chi connectivity index (χ4v) is 5.93. The summed E-state index contributed by atoms with van der Waals surface area (Å²) in [6, 6.07) is 10.7. The van der Waals surface area contributed by atoms with Gasteiger partial charge in [-0.2, -0.15) is 0 Å². The van der Waals surface area contributed by atoms with Crippen LogP contribution in [0, 0.1) is 0 Å². The quantitative estimate of drug-likeness (QED) is 0.378. The van der Waals surface area contributed by atoms with Crippen LogP contribution >= 0.6 is 23.2 Å². The second-order valence-corrected chi connectivity index (χ2v) is 12.1. The molecule has 1 unspecified atom stereocenters. The predicted octanol–water partition coefficient (Wildman–Crippen LogP) is 5.02. The van der Waals surface area contributed by atoms with Gasteiger partial charge in [-0.15, -0.1) is 0 Å². The first-order valence-electron chi connectivity index (χ1n) is 12.8. The van der Waals surface area contributed by atoms with Gasteiger partial charge in [-0.3, -0.25) is 13.9 Å². The van der Waals surface area contributed by atoms with Crippen molar-refractivity contribution in [2.45, 2.75) is 64.6 Å². The first-order valence-corrected chi connectivity index (χ1v) is 15.4. The number of benzene rings is 2. The molecule has 1 N–H and O–H groups in total. The van der Waals surface area contributed by atoms with Crippen LogP contribution < -0.4 is 14.4 Å². The Morgan fingerprint density at radius 1 is 1.08 bits per heavy atom. The summed E-state index contributed by atoms with van der Waals surface area (Å²) in [5.41, 5.74) is 0.917. The minimum Gasteiger partial charge on any atom is -0.494 e. The van der Waals surface area contributed by atoms with E-state index in [1.54, 1.807) is 42.5 Å². The molecule has 2 amide bonds. The highest BCUT2D eigenvalue weighted by Crippen LogP contribution is 2.26. The molecule has 1 saturated carbocycles. The number of carbonyl (C=O) groups excluding carboxylic acids is 2. The Labute approximate surface area is 235 Å². The maximum atomic E-state index is 13.8. The van der Waals surface area contributed by atoms with E-state index in [0.29, 0.717) is 40.1 Å². The summed E-state index contributed by atoms with van der Waals surface area (Å²) in [5, 5.41) is 3.88. The van der Waals surface area contributed by atoms with Gasteiger partial charge >= 0.3 is 0 Å². The van der Waals surface area contributed by atoms with Crippen molar-refractivity contribution >= 4 is 50.7 Å².